The molecular formula is C11H25NO. The molecule has 0 rings (SSSR count). The fourth-order valence-electron chi connectivity index (χ4n) is 1.29. The quantitative estimate of drug-likeness (QED) is 0.622. The Morgan fingerprint density at radius 2 is 1.85 bits per heavy atom. The first-order chi connectivity index (χ1) is 6.04. The zero-order valence-corrected chi connectivity index (χ0v) is 9.60. The molecule has 80 valence electrons. The maximum absolute atomic E-state index is 6.02. The second-order valence-corrected chi connectivity index (χ2v) is 4.26. The zero-order chi connectivity index (χ0) is 10.3. The molecule has 0 bridgehead atoms. The average molecular weight is 187 g/mol. The summed E-state index contributed by atoms with van der Waals surface area (Å²) in [5, 5.41) is 0. The highest BCUT2D eigenvalue weighted by atomic mass is 16.5. The summed E-state index contributed by atoms with van der Waals surface area (Å²) in [7, 11) is 1.73. The van der Waals surface area contributed by atoms with E-state index in [4.69, 9.17) is 10.5 Å². The van der Waals surface area contributed by atoms with Gasteiger partial charge < -0.3 is 10.5 Å². The molecule has 0 saturated heterocycles. The van der Waals surface area contributed by atoms with Crippen molar-refractivity contribution in [1.82, 2.24) is 0 Å². The Morgan fingerprint density at radius 3 is 2.31 bits per heavy atom. The summed E-state index contributed by atoms with van der Waals surface area (Å²) in [6.45, 7) is 6.33. The molecular weight excluding hydrogens is 162 g/mol. The van der Waals surface area contributed by atoms with Gasteiger partial charge in [-0.25, -0.2) is 0 Å². The van der Waals surface area contributed by atoms with Crippen LogP contribution in [0.2, 0.25) is 0 Å². The molecule has 1 unspecified atom stereocenters. The molecule has 0 aromatic rings. The number of hydrogen-bond donors (Lipinski definition) is 1. The third-order valence-corrected chi connectivity index (χ3v) is 2.79. The van der Waals surface area contributed by atoms with Gasteiger partial charge >= 0.3 is 0 Å². The fourth-order valence-corrected chi connectivity index (χ4v) is 1.29. The van der Waals surface area contributed by atoms with Crippen molar-refractivity contribution in [1.29, 1.82) is 0 Å². The lowest BCUT2D eigenvalue weighted by Crippen LogP contribution is -2.44. The van der Waals surface area contributed by atoms with E-state index in [1.165, 1.54) is 25.7 Å². The summed E-state index contributed by atoms with van der Waals surface area (Å²) < 4.78 is 5.33. The molecule has 0 fully saturated rings. The van der Waals surface area contributed by atoms with Crippen molar-refractivity contribution in [2.45, 2.75) is 64.5 Å². The molecule has 2 heteroatoms. The molecule has 2 N–H and O–H groups in total. The number of rotatable bonds is 7. The molecule has 13 heavy (non-hydrogen) atoms. The predicted molar refractivity (Wildman–Crippen MR) is 57.8 cm³/mol. The molecule has 0 aliphatic carbocycles. The van der Waals surface area contributed by atoms with Gasteiger partial charge in [-0.3, -0.25) is 0 Å². The Hall–Kier alpha value is -0.0800. The molecule has 1 atom stereocenters. The summed E-state index contributed by atoms with van der Waals surface area (Å²) in [5.74, 6) is 0. The second kappa shape index (κ2) is 6.39. The number of nitrogens with two attached hydrogens (primary N) is 1. The van der Waals surface area contributed by atoms with Gasteiger partial charge in [0.05, 0.1) is 5.60 Å². The Kier molecular flexibility index (Phi) is 6.35. The molecule has 0 aliphatic heterocycles. The van der Waals surface area contributed by atoms with Crippen molar-refractivity contribution in [3.8, 4) is 0 Å². The zero-order valence-electron chi connectivity index (χ0n) is 9.60. The minimum atomic E-state index is -0.174. The van der Waals surface area contributed by atoms with Gasteiger partial charge in [-0.05, 0) is 20.3 Å². The number of unbranched alkanes of at least 4 members (excludes halogenated alkanes) is 3. The maximum Gasteiger partial charge on any atom is 0.0772 e. The normalized spacial score (nSPS) is 14.5. The molecule has 0 aliphatic rings. The third-order valence-electron chi connectivity index (χ3n) is 2.79. The average Bonchev–Trinajstić information content (AvgIpc) is 2.12. The monoisotopic (exact) mass is 187 g/mol. The van der Waals surface area contributed by atoms with E-state index in [-0.39, 0.29) is 11.6 Å². The first kappa shape index (κ1) is 12.9. The topological polar surface area (TPSA) is 35.2 Å². The van der Waals surface area contributed by atoms with Gasteiger partial charge in [-0.2, -0.15) is 0 Å². The minimum Gasteiger partial charge on any atom is -0.377 e. The van der Waals surface area contributed by atoms with Crippen molar-refractivity contribution in [2.24, 2.45) is 5.73 Å². The Bertz CT molecular complexity index is 123. The lowest BCUT2D eigenvalue weighted by Gasteiger charge is -2.30. The Morgan fingerprint density at radius 1 is 1.23 bits per heavy atom. The highest BCUT2D eigenvalue weighted by molar-refractivity contribution is 4.81. The maximum atomic E-state index is 6.02. The van der Waals surface area contributed by atoms with Gasteiger partial charge in [0, 0.05) is 13.2 Å². The fraction of sp³-hybridized carbons (Fsp3) is 1.00. The standard InChI is InChI=1S/C11H25NO/c1-5-6-7-8-9-10(12)11(2,3)13-4/h10H,5-9,12H2,1-4H3. The lowest BCUT2D eigenvalue weighted by molar-refractivity contribution is -0.00201. The van der Waals surface area contributed by atoms with Gasteiger partial charge in [0.2, 0.25) is 0 Å². The largest absolute Gasteiger partial charge is 0.377 e. The van der Waals surface area contributed by atoms with Gasteiger partial charge in [0.25, 0.3) is 0 Å². The molecule has 0 heterocycles. The molecule has 0 radical (unpaired) electrons. The number of ether oxygens (including phenoxy) is 1. The van der Waals surface area contributed by atoms with E-state index in [1.807, 2.05) is 0 Å². The summed E-state index contributed by atoms with van der Waals surface area (Å²) in [6.07, 6.45) is 6.19. The lowest BCUT2D eigenvalue weighted by atomic mass is 9.94. The van der Waals surface area contributed by atoms with Crippen molar-refractivity contribution in [3.63, 3.8) is 0 Å². The summed E-state index contributed by atoms with van der Waals surface area (Å²) in [5.41, 5.74) is 5.84. The molecule has 2 nitrogen and oxygen atoms in total. The van der Waals surface area contributed by atoms with E-state index in [0.717, 1.165) is 6.42 Å². The summed E-state index contributed by atoms with van der Waals surface area (Å²) in [6, 6.07) is 0.161. The van der Waals surface area contributed by atoms with Crippen LogP contribution < -0.4 is 5.73 Å². The van der Waals surface area contributed by atoms with E-state index in [9.17, 15) is 0 Å². The van der Waals surface area contributed by atoms with Gasteiger partial charge in [0.1, 0.15) is 0 Å². The molecule has 0 aromatic heterocycles. The van der Waals surface area contributed by atoms with Crippen LogP contribution in [0.4, 0.5) is 0 Å². The van der Waals surface area contributed by atoms with Crippen LogP contribution in [0.5, 0.6) is 0 Å². The molecule has 0 amide bonds. The van der Waals surface area contributed by atoms with E-state index in [0.29, 0.717) is 0 Å². The minimum absolute atomic E-state index is 0.161. The van der Waals surface area contributed by atoms with E-state index in [2.05, 4.69) is 20.8 Å². The molecule has 0 spiro atoms. The van der Waals surface area contributed by atoms with Crippen molar-refractivity contribution in [3.05, 3.63) is 0 Å². The molecule has 0 aromatic carbocycles. The van der Waals surface area contributed by atoms with E-state index in [1.54, 1.807) is 7.11 Å². The Balaban J connectivity index is 3.55. The van der Waals surface area contributed by atoms with Crippen LogP contribution in [0, 0.1) is 0 Å². The van der Waals surface area contributed by atoms with Crippen LogP contribution in [-0.4, -0.2) is 18.8 Å². The number of methoxy groups -OCH3 is 1. The van der Waals surface area contributed by atoms with Crippen LogP contribution >= 0.6 is 0 Å². The second-order valence-electron chi connectivity index (χ2n) is 4.26. The first-order valence-electron chi connectivity index (χ1n) is 5.35. The van der Waals surface area contributed by atoms with Crippen molar-refractivity contribution in [2.75, 3.05) is 7.11 Å². The van der Waals surface area contributed by atoms with E-state index >= 15 is 0 Å². The van der Waals surface area contributed by atoms with Crippen LogP contribution in [0.1, 0.15) is 52.9 Å². The van der Waals surface area contributed by atoms with Crippen molar-refractivity contribution < 1.29 is 4.74 Å². The van der Waals surface area contributed by atoms with E-state index < -0.39 is 0 Å². The van der Waals surface area contributed by atoms with Gasteiger partial charge in [0.15, 0.2) is 0 Å². The van der Waals surface area contributed by atoms with Crippen LogP contribution in [0.15, 0.2) is 0 Å². The van der Waals surface area contributed by atoms with Crippen LogP contribution in [0.25, 0.3) is 0 Å². The van der Waals surface area contributed by atoms with Crippen molar-refractivity contribution >= 4 is 0 Å². The third kappa shape index (κ3) is 5.27. The predicted octanol–water partition coefficient (Wildman–Crippen LogP) is 2.71. The van der Waals surface area contributed by atoms with Gasteiger partial charge in [-0.1, -0.05) is 32.6 Å². The highest BCUT2D eigenvalue weighted by Crippen LogP contribution is 2.17. The summed E-state index contributed by atoms with van der Waals surface area (Å²) in [4.78, 5) is 0. The SMILES string of the molecule is CCCCCCC(N)C(C)(C)OC. The van der Waals surface area contributed by atoms with Crippen LogP contribution in [-0.2, 0) is 4.74 Å². The van der Waals surface area contributed by atoms with Crippen LogP contribution in [0.3, 0.4) is 0 Å². The highest BCUT2D eigenvalue weighted by Gasteiger charge is 2.24. The first-order valence-corrected chi connectivity index (χ1v) is 5.35. The van der Waals surface area contributed by atoms with Gasteiger partial charge in [-0.15, -0.1) is 0 Å². The smallest absolute Gasteiger partial charge is 0.0772 e. The molecule has 0 saturated carbocycles. The number of hydrogen-bond acceptors (Lipinski definition) is 2. The Labute approximate surface area is 82.8 Å². The summed E-state index contributed by atoms with van der Waals surface area (Å²) >= 11 is 0.